The van der Waals surface area contributed by atoms with Gasteiger partial charge in [-0.25, -0.2) is 0 Å². The van der Waals surface area contributed by atoms with Crippen LogP contribution in [-0.4, -0.2) is 57.9 Å². The summed E-state index contributed by atoms with van der Waals surface area (Å²) in [5.41, 5.74) is 2.89. The predicted octanol–water partition coefficient (Wildman–Crippen LogP) is -0.281. The molecule has 0 unspecified atom stereocenters. The zero-order chi connectivity index (χ0) is 15.0. The van der Waals surface area contributed by atoms with Crippen molar-refractivity contribution in [1.29, 1.82) is 0 Å². The smallest absolute Gasteiger partial charge is 0.231 e. The van der Waals surface area contributed by atoms with Crippen LogP contribution in [0.2, 0.25) is 0 Å². The lowest BCUT2D eigenvalue weighted by molar-refractivity contribution is -0.0903. The first-order valence-electron chi connectivity index (χ1n) is 7.56. The lowest BCUT2D eigenvalue weighted by atomic mass is 9.70. The van der Waals surface area contributed by atoms with E-state index in [1.807, 2.05) is 18.2 Å². The Bertz CT molecular complexity index is 687. The first-order valence-corrected chi connectivity index (χ1v) is 7.56. The van der Waals surface area contributed by atoms with Gasteiger partial charge in [-0.3, -0.25) is 4.90 Å². The van der Waals surface area contributed by atoms with E-state index in [9.17, 15) is 15.3 Å². The Kier molecular flexibility index (Phi) is 2.48. The highest BCUT2D eigenvalue weighted by atomic mass is 16.7. The topological polar surface area (TPSA) is 82.4 Å². The van der Waals surface area contributed by atoms with Crippen LogP contribution in [0.15, 0.2) is 23.8 Å². The van der Waals surface area contributed by atoms with E-state index in [2.05, 4.69) is 4.90 Å². The van der Waals surface area contributed by atoms with E-state index in [-0.39, 0.29) is 18.8 Å². The lowest BCUT2D eigenvalue weighted by Crippen LogP contribution is -2.57. The SMILES string of the molecule is O[C@@H]1[C@H](O)[C@H](O)C2=CCN3Cc4cc5c(cc4[C@H]1[C@H]23)OCO5. The highest BCUT2D eigenvalue weighted by Gasteiger charge is 2.53. The summed E-state index contributed by atoms with van der Waals surface area (Å²) >= 11 is 0. The summed E-state index contributed by atoms with van der Waals surface area (Å²) in [4.78, 5) is 2.23. The average Bonchev–Trinajstić information content (AvgIpc) is 3.13. The second-order valence-electron chi connectivity index (χ2n) is 6.43. The van der Waals surface area contributed by atoms with Crippen molar-refractivity contribution in [2.75, 3.05) is 13.3 Å². The van der Waals surface area contributed by atoms with Gasteiger partial charge in [0.05, 0.1) is 6.10 Å². The molecule has 0 radical (unpaired) electrons. The molecule has 1 aromatic carbocycles. The molecular formula is C16H17NO5. The molecule has 6 heteroatoms. The number of aliphatic hydroxyl groups excluding tert-OH is 3. The van der Waals surface area contributed by atoms with Crippen molar-refractivity contribution >= 4 is 0 Å². The largest absolute Gasteiger partial charge is 0.454 e. The van der Waals surface area contributed by atoms with Gasteiger partial charge in [-0.15, -0.1) is 0 Å². The van der Waals surface area contributed by atoms with Gasteiger partial charge in [0.15, 0.2) is 11.5 Å². The van der Waals surface area contributed by atoms with Gasteiger partial charge in [0.2, 0.25) is 6.79 Å². The molecule has 0 spiro atoms. The van der Waals surface area contributed by atoms with Crippen LogP contribution in [-0.2, 0) is 6.54 Å². The molecule has 0 bridgehead atoms. The maximum Gasteiger partial charge on any atom is 0.231 e. The molecule has 3 aliphatic heterocycles. The van der Waals surface area contributed by atoms with Gasteiger partial charge in [0.25, 0.3) is 0 Å². The number of aliphatic hydroxyl groups is 3. The molecule has 3 heterocycles. The molecule has 3 N–H and O–H groups in total. The summed E-state index contributed by atoms with van der Waals surface area (Å²) in [7, 11) is 0. The minimum atomic E-state index is -1.16. The van der Waals surface area contributed by atoms with E-state index in [4.69, 9.17) is 9.47 Å². The summed E-state index contributed by atoms with van der Waals surface area (Å²) in [6.45, 7) is 1.68. The average molecular weight is 303 g/mol. The van der Waals surface area contributed by atoms with Crippen LogP contribution >= 0.6 is 0 Å². The third-order valence-corrected chi connectivity index (χ3v) is 5.39. The van der Waals surface area contributed by atoms with E-state index in [1.54, 1.807) is 0 Å². The van der Waals surface area contributed by atoms with Crippen LogP contribution in [0.5, 0.6) is 11.5 Å². The molecule has 22 heavy (non-hydrogen) atoms. The van der Waals surface area contributed by atoms with E-state index < -0.39 is 18.3 Å². The van der Waals surface area contributed by atoms with E-state index in [0.717, 1.165) is 35.5 Å². The number of fused-ring (bicyclic) bond motifs is 3. The minimum Gasteiger partial charge on any atom is -0.454 e. The summed E-state index contributed by atoms with van der Waals surface area (Å²) < 4.78 is 10.9. The van der Waals surface area contributed by atoms with E-state index >= 15 is 0 Å². The van der Waals surface area contributed by atoms with Crippen molar-refractivity contribution in [3.05, 3.63) is 34.9 Å². The number of rotatable bonds is 0. The Morgan fingerprint density at radius 3 is 2.64 bits per heavy atom. The summed E-state index contributed by atoms with van der Waals surface area (Å²) in [5, 5.41) is 31.0. The molecular weight excluding hydrogens is 286 g/mol. The van der Waals surface area contributed by atoms with E-state index in [1.165, 1.54) is 0 Å². The van der Waals surface area contributed by atoms with Crippen molar-refractivity contribution in [3.8, 4) is 11.5 Å². The minimum absolute atomic E-state index is 0.0544. The second-order valence-corrected chi connectivity index (χ2v) is 6.43. The van der Waals surface area contributed by atoms with Gasteiger partial charge in [-0.2, -0.15) is 0 Å². The van der Waals surface area contributed by atoms with Gasteiger partial charge >= 0.3 is 0 Å². The molecule has 1 saturated carbocycles. The molecule has 0 saturated heterocycles. The molecule has 5 atom stereocenters. The van der Waals surface area contributed by atoms with Crippen LogP contribution in [0.4, 0.5) is 0 Å². The quantitative estimate of drug-likeness (QED) is 0.572. The normalized spacial score (nSPS) is 38.5. The van der Waals surface area contributed by atoms with Crippen LogP contribution in [0, 0.1) is 0 Å². The highest BCUT2D eigenvalue weighted by Crippen LogP contribution is 2.49. The molecule has 6 nitrogen and oxygen atoms in total. The maximum atomic E-state index is 10.6. The zero-order valence-corrected chi connectivity index (χ0v) is 11.8. The van der Waals surface area contributed by atoms with Crippen molar-refractivity contribution in [3.63, 3.8) is 0 Å². The van der Waals surface area contributed by atoms with Crippen molar-refractivity contribution in [2.24, 2.45) is 0 Å². The first-order chi connectivity index (χ1) is 10.6. The van der Waals surface area contributed by atoms with Gasteiger partial charge < -0.3 is 24.8 Å². The van der Waals surface area contributed by atoms with Crippen molar-refractivity contribution < 1.29 is 24.8 Å². The fourth-order valence-electron chi connectivity index (χ4n) is 4.36. The summed E-state index contributed by atoms with van der Waals surface area (Å²) in [6.07, 6.45) is -1.18. The molecule has 116 valence electrons. The molecule has 1 aromatic rings. The molecule has 1 aliphatic carbocycles. The first kappa shape index (κ1) is 12.9. The van der Waals surface area contributed by atoms with Crippen molar-refractivity contribution in [2.45, 2.75) is 36.8 Å². The van der Waals surface area contributed by atoms with Crippen LogP contribution in [0.3, 0.4) is 0 Å². The Morgan fingerprint density at radius 2 is 1.82 bits per heavy atom. The Hall–Kier alpha value is -1.60. The highest BCUT2D eigenvalue weighted by molar-refractivity contribution is 5.53. The Balaban J connectivity index is 1.68. The van der Waals surface area contributed by atoms with Gasteiger partial charge in [-0.1, -0.05) is 6.08 Å². The van der Waals surface area contributed by atoms with Crippen LogP contribution in [0.1, 0.15) is 17.0 Å². The Morgan fingerprint density at radius 1 is 1.05 bits per heavy atom. The number of benzene rings is 1. The third-order valence-electron chi connectivity index (χ3n) is 5.39. The van der Waals surface area contributed by atoms with Gasteiger partial charge in [0, 0.05) is 25.0 Å². The summed E-state index contributed by atoms with van der Waals surface area (Å²) in [6, 6.07) is 3.83. The number of nitrogens with zero attached hydrogens (tertiary/aromatic N) is 1. The second kappa shape index (κ2) is 4.23. The van der Waals surface area contributed by atoms with Gasteiger partial charge in [-0.05, 0) is 28.8 Å². The maximum absolute atomic E-state index is 10.6. The van der Waals surface area contributed by atoms with E-state index in [0.29, 0.717) is 5.75 Å². The van der Waals surface area contributed by atoms with Crippen LogP contribution < -0.4 is 9.47 Å². The molecule has 0 amide bonds. The lowest BCUT2D eigenvalue weighted by Gasteiger charge is -2.48. The monoisotopic (exact) mass is 303 g/mol. The van der Waals surface area contributed by atoms with Crippen LogP contribution in [0.25, 0.3) is 0 Å². The molecule has 4 aliphatic rings. The molecule has 1 fully saturated rings. The zero-order valence-electron chi connectivity index (χ0n) is 11.8. The number of hydrogen-bond acceptors (Lipinski definition) is 6. The van der Waals surface area contributed by atoms with Gasteiger partial charge in [0.1, 0.15) is 12.2 Å². The standard InChI is InChI=1S/C16H17NO5/c18-14-8-1-2-17-5-7-3-10-11(22-6-21-10)4-9(7)12(13(8)17)15(19)16(14)20/h1,3-4,12-16,18-20H,2,5-6H2/t12-,13-,14+,15-,16+/m0/s1. The Labute approximate surface area is 127 Å². The molecule has 5 rings (SSSR count). The van der Waals surface area contributed by atoms with Crippen molar-refractivity contribution in [1.82, 2.24) is 4.90 Å². The predicted molar refractivity (Wildman–Crippen MR) is 75.6 cm³/mol. The third kappa shape index (κ3) is 1.48. The molecule has 0 aromatic heterocycles. The number of hydrogen-bond donors (Lipinski definition) is 3. The fourth-order valence-corrected chi connectivity index (χ4v) is 4.36. The fraction of sp³-hybridized carbons (Fsp3) is 0.500. The number of ether oxygens (including phenoxy) is 2. The summed E-state index contributed by atoms with van der Waals surface area (Å²) in [5.74, 6) is 1.16.